The van der Waals surface area contributed by atoms with Crippen molar-refractivity contribution in [3.8, 4) is 0 Å². The first kappa shape index (κ1) is 10.5. The van der Waals surface area contributed by atoms with E-state index in [1.54, 1.807) is 0 Å². The van der Waals surface area contributed by atoms with Gasteiger partial charge in [0.1, 0.15) is 0 Å². The fraction of sp³-hybridized carbons (Fsp3) is 0.286. The van der Waals surface area contributed by atoms with E-state index in [0.717, 1.165) is 12.3 Å². The second kappa shape index (κ2) is 3.63. The molecular formula is C7H5BrF3NO. The van der Waals surface area contributed by atoms with E-state index < -0.39 is 18.3 Å². The zero-order chi connectivity index (χ0) is 10.1. The molecule has 2 nitrogen and oxygen atoms in total. The molecule has 13 heavy (non-hydrogen) atoms. The number of aromatic nitrogens is 1. The van der Waals surface area contributed by atoms with Gasteiger partial charge in [-0.25, -0.2) is 0 Å². The second-order valence-electron chi connectivity index (χ2n) is 2.31. The molecule has 1 aromatic heterocycles. The molecule has 0 bridgehead atoms. The highest BCUT2D eigenvalue weighted by Crippen LogP contribution is 2.34. The maximum absolute atomic E-state index is 12.2. The van der Waals surface area contributed by atoms with Crippen LogP contribution in [0.2, 0.25) is 0 Å². The largest absolute Gasteiger partial charge is 0.417 e. The van der Waals surface area contributed by atoms with Crippen molar-refractivity contribution in [3.63, 3.8) is 0 Å². The van der Waals surface area contributed by atoms with Crippen LogP contribution in [0.25, 0.3) is 0 Å². The van der Waals surface area contributed by atoms with E-state index in [9.17, 15) is 13.2 Å². The Morgan fingerprint density at radius 1 is 1.46 bits per heavy atom. The lowest BCUT2D eigenvalue weighted by atomic mass is 10.2. The van der Waals surface area contributed by atoms with Gasteiger partial charge in [-0.3, -0.25) is 4.98 Å². The highest BCUT2D eigenvalue weighted by atomic mass is 79.9. The van der Waals surface area contributed by atoms with Crippen LogP contribution in [-0.2, 0) is 12.8 Å². The normalized spacial score (nSPS) is 11.8. The van der Waals surface area contributed by atoms with Crippen molar-refractivity contribution in [2.24, 2.45) is 0 Å². The molecule has 0 aliphatic heterocycles. The molecule has 0 unspecified atom stereocenters. The smallest absolute Gasteiger partial charge is 0.390 e. The summed E-state index contributed by atoms with van der Waals surface area (Å²) in [4.78, 5) is 3.57. The van der Waals surface area contributed by atoms with E-state index >= 15 is 0 Å². The minimum atomic E-state index is -4.42. The van der Waals surface area contributed by atoms with Gasteiger partial charge >= 0.3 is 6.18 Å². The summed E-state index contributed by atoms with van der Waals surface area (Å²) >= 11 is 2.73. The van der Waals surface area contributed by atoms with Crippen molar-refractivity contribution in [1.29, 1.82) is 0 Å². The molecule has 1 N–H and O–H groups in total. The van der Waals surface area contributed by atoms with Crippen molar-refractivity contribution in [3.05, 3.63) is 28.0 Å². The number of hydrogen-bond acceptors (Lipinski definition) is 2. The standard InChI is InChI=1S/C7H5BrF3NO/c8-6-2-12-4(3-13)1-5(6)7(9,10)11/h1-2,13H,3H2. The summed E-state index contributed by atoms with van der Waals surface area (Å²) in [5.74, 6) is 0. The highest BCUT2D eigenvalue weighted by molar-refractivity contribution is 9.10. The Kier molecular flexibility index (Phi) is 2.92. The highest BCUT2D eigenvalue weighted by Gasteiger charge is 2.33. The van der Waals surface area contributed by atoms with Crippen LogP contribution < -0.4 is 0 Å². The lowest BCUT2D eigenvalue weighted by molar-refractivity contribution is -0.138. The van der Waals surface area contributed by atoms with Crippen molar-refractivity contribution >= 4 is 15.9 Å². The van der Waals surface area contributed by atoms with Crippen molar-refractivity contribution < 1.29 is 18.3 Å². The molecular weight excluding hydrogens is 251 g/mol. The number of rotatable bonds is 1. The van der Waals surface area contributed by atoms with E-state index in [1.807, 2.05) is 0 Å². The van der Waals surface area contributed by atoms with E-state index in [-0.39, 0.29) is 10.2 Å². The van der Waals surface area contributed by atoms with E-state index in [4.69, 9.17) is 5.11 Å². The number of pyridine rings is 1. The van der Waals surface area contributed by atoms with E-state index in [0.29, 0.717) is 0 Å². The fourth-order valence-corrected chi connectivity index (χ4v) is 1.23. The van der Waals surface area contributed by atoms with Crippen molar-refractivity contribution in [1.82, 2.24) is 4.98 Å². The van der Waals surface area contributed by atoms with Gasteiger partial charge in [0, 0.05) is 10.7 Å². The van der Waals surface area contributed by atoms with Gasteiger partial charge in [-0.1, -0.05) is 0 Å². The van der Waals surface area contributed by atoms with Crippen LogP contribution in [0.5, 0.6) is 0 Å². The molecule has 0 spiro atoms. The Morgan fingerprint density at radius 3 is 2.54 bits per heavy atom. The molecule has 0 aromatic carbocycles. The van der Waals surface area contributed by atoms with E-state index in [2.05, 4.69) is 20.9 Å². The van der Waals surface area contributed by atoms with Crippen molar-refractivity contribution in [2.45, 2.75) is 12.8 Å². The summed E-state index contributed by atoms with van der Waals surface area (Å²) in [6, 6.07) is 0.810. The number of nitrogens with zero attached hydrogens (tertiary/aromatic N) is 1. The number of hydrogen-bond donors (Lipinski definition) is 1. The molecule has 0 aliphatic rings. The molecule has 1 rings (SSSR count). The van der Waals surface area contributed by atoms with Crippen LogP contribution in [0.1, 0.15) is 11.3 Å². The Labute approximate surface area is 80.5 Å². The Balaban J connectivity index is 3.19. The fourth-order valence-electron chi connectivity index (χ4n) is 0.786. The monoisotopic (exact) mass is 255 g/mol. The molecule has 1 heterocycles. The van der Waals surface area contributed by atoms with Gasteiger partial charge in [-0.2, -0.15) is 13.2 Å². The van der Waals surface area contributed by atoms with Crippen LogP contribution in [0, 0.1) is 0 Å². The molecule has 72 valence electrons. The summed E-state index contributed by atoms with van der Waals surface area (Å²) in [7, 11) is 0. The average Bonchev–Trinajstić information content (AvgIpc) is 2.03. The van der Waals surface area contributed by atoms with Crippen LogP contribution in [-0.4, -0.2) is 10.1 Å². The third-order valence-electron chi connectivity index (χ3n) is 1.38. The average molecular weight is 256 g/mol. The SMILES string of the molecule is OCc1cc(C(F)(F)F)c(Br)cn1. The molecule has 0 saturated heterocycles. The number of halogens is 4. The third-order valence-corrected chi connectivity index (χ3v) is 2.01. The molecule has 1 aromatic rings. The molecule has 0 fully saturated rings. The molecule has 0 atom stereocenters. The third kappa shape index (κ3) is 2.41. The minimum absolute atomic E-state index is 0.00414. The van der Waals surface area contributed by atoms with Crippen LogP contribution in [0.4, 0.5) is 13.2 Å². The second-order valence-corrected chi connectivity index (χ2v) is 3.17. The maximum atomic E-state index is 12.2. The summed E-state index contributed by atoms with van der Waals surface area (Å²) in [5.41, 5.74) is -0.831. The first-order valence-corrected chi connectivity index (χ1v) is 4.07. The first-order valence-electron chi connectivity index (χ1n) is 3.27. The van der Waals surface area contributed by atoms with Gasteiger partial charge in [0.25, 0.3) is 0 Å². The van der Waals surface area contributed by atoms with Gasteiger partial charge < -0.3 is 5.11 Å². The molecule has 0 amide bonds. The predicted octanol–water partition coefficient (Wildman–Crippen LogP) is 2.36. The number of alkyl halides is 3. The summed E-state index contributed by atoms with van der Waals surface area (Å²) in [5, 5.41) is 8.57. The zero-order valence-electron chi connectivity index (χ0n) is 6.27. The molecule has 6 heteroatoms. The van der Waals surface area contributed by atoms with Gasteiger partial charge in [0.05, 0.1) is 17.9 Å². The quantitative estimate of drug-likeness (QED) is 0.836. The lowest BCUT2D eigenvalue weighted by Crippen LogP contribution is -2.07. The molecule has 0 saturated carbocycles. The van der Waals surface area contributed by atoms with E-state index in [1.165, 1.54) is 0 Å². The summed E-state index contributed by atoms with van der Waals surface area (Å²) in [6.07, 6.45) is -3.40. The zero-order valence-corrected chi connectivity index (χ0v) is 7.85. The Bertz CT molecular complexity index is 313. The Hall–Kier alpha value is -0.620. The van der Waals surface area contributed by atoms with Gasteiger partial charge in [-0.15, -0.1) is 0 Å². The minimum Gasteiger partial charge on any atom is -0.390 e. The van der Waals surface area contributed by atoms with Crippen LogP contribution >= 0.6 is 15.9 Å². The van der Waals surface area contributed by atoms with Gasteiger partial charge in [0.15, 0.2) is 0 Å². The maximum Gasteiger partial charge on any atom is 0.417 e. The van der Waals surface area contributed by atoms with Crippen LogP contribution in [0.15, 0.2) is 16.7 Å². The summed E-state index contributed by atoms with van der Waals surface area (Å²) in [6.45, 7) is -0.504. The first-order chi connectivity index (χ1) is 5.95. The topological polar surface area (TPSA) is 33.1 Å². The predicted molar refractivity (Wildman–Crippen MR) is 42.9 cm³/mol. The Morgan fingerprint density at radius 2 is 2.08 bits per heavy atom. The van der Waals surface area contributed by atoms with Gasteiger partial charge in [-0.05, 0) is 22.0 Å². The number of aliphatic hydroxyl groups is 1. The van der Waals surface area contributed by atoms with Gasteiger partial charge in [0.2, 0.25) is 0 Å². The lowest BCUT2D eigenvalue weighted by Gasteiger charge is -2.09. The molecule has 0 aliphatic carbocycles. The van der Waals surface area contributed by atoms with Crippen molar-refractivity contribution in [2.75, 3.05) is 0 Å². The van der Waals surface area contributed by atoms with Crippen LogP contribution in [0.3, 0.4) is 0 Å². The molecule has 0 radical (unpaired) electrons. The summed E-state index contributed by atoms with van der Waals surface area (Å²) < 4.78 is 36.5. The number of aliphatic hydroxyl groups excluding tert-OH is 1.